The first-order chi connectivity index (χ1) is 17.0. The Hall–Kier alpha value is -4.02. The van der Waals surface area contributed by atoms with Crippen LogP contribution in [0.1, 0.15) is 16.1 Å². The van der Waals surface area contributed by atoms with E-state index in [1.807, 2.05) is 28.5 Å². The number of fused-ring (bicyclic) bond motifs is 1. The van der Waals surface area contributed by atoms with Gasteiger partial charge in [0, 0.05) is 67.3 Å². The summed E-state index contributed by atoms with van der Waals surface area (Å²) >= 11 is 1.44. The number of hydrogen-bond donors (Lipinski definition) is 2. The molecule has 1 aliphatic rings. The molecule has 0 saturated carbocycles. The van der Waals surface area contributed by atoms with Crippen LogP contribution < -0.4 is 16.2 Å². The fourth-order valence-electron chi connectivity index (χ4n) is 4.00. The molecular weight excluding hydrogens is 464 g/mol. The van der Waals surface area contributed by atoms with Crippen molar-refractivity contribution in [1.29, 1.82) is 0 Å². The van der Waals surface area contributed by atoms with E-state index in [-0.39, 0.29) is 17.5 Å². The molecule has 9 nitrogen and oxygen atoms in total. The molecule has 0 spiro atoms. The van der Waals surface area contributed by atoms with Crippen LogP contribution in [0.2, 0.25) is 0 Å². The van der Waals surface area contributed by atoms with Crippen molar-refractivity contribution in [2.75, 3.05) is 36.8 Å². The number of para-hydroxylation sites is 1. The van der Waals surface area contributed by atoms with Crippen LogP contribution in [0.3, 0.4) is 0 Å². The standard InChI is InChI=1S/C25H24N6O3S/c32-22-16-21(28-25-31(22)14-15-35-25)17-29-10-12-30(13-11-29)23(33)18-6-8-20(9-7-18)27-24(34)26-19-4-2-1-3-5-19/h1-9,14-16H,10-13,17H2,(H2,26,27,34). The number of nitrogens with zero attached hydrogens (tertiary/aromatic N) is 4. The Bertz CT molecular complexity index is 1390. The number of hydrogen-bond acceptors (Lipinski definition) is 6. The molecule has 2 aromatic heterocycles. The Morgan fingerprint density at radius 1 is 0.914 bits per heavy atom. The fraction of sp³-hybridized carbons (Fsp3) is 0.200. The smallest absolute Gasteiger partial charge is 0.323 e. The van der Waals surface area contributed by atoms with E-state index in [0.29, 0.717) is 54.6 Å². The maximum absolute atomic E-state index is 13.0. The topological polar surface area (TPSA) is 99.0 Å². The number of thiazole rings is 1. The van der Waals surface area contributed by atoms with Crippen molar-refractivity contribution in [3.63, 3.8) is 0 Å². The van der Waals surface area contributed by atoms with Crippen molar-refractivity contribution in [2.24, 2.45) is 0 Å². The molecule has 0 atom stereocenters. The summed E-state index contributed by atoms with van der Waals surface area (Å²) in [6.45, 7) is 3.18. The molecule has 5 rings (SSSR count). The van der Waals surface area contributed by atoms with Gasteiger partial charge in [-0.05, 0) is 36.4 Å². The second kappa shape index (κ2) is 10.1. The second-order valence-electron chi connectivity index (χ2n) is 8.23. The monoisotopic (exact) mass is 488 g/mol. The van der Waals surface area contributed by atoms with Crippen molar-refractivity contribution in [2.45, 2.75) is 6.54 Å². The molecule has 1 saturated heterocycles. The number of benzene rings is 2. The molecule has 1 fully saturated rings. The van der Waals surface area contributed by atoms with Crippen LogP contribution in [0.4, 0.5) is 16.2 Å². The van der Waals surface area contributed by atoms with Gasteiger partial charge < -0.3 is 15.5 Å². The molecule has 3 heterocycles. The SMILES string of the molecule is O=C(Nc1ccccc1)Nc1ccc(C(=O)N2CCN(Cc3cc(=O)n4ccsc4n3)CC2)cc1. The molecular formula is C25H24N6O3S. The van der Waals surface area contributed by atoms with E-state index in [1.165, 1.54) is 11.3 Å². The molecule has 2 N–H and O–H groups in total. The lowest BCUT2D eigenvalue weighted by Gasteiger charge is -2.34. The Morgan fingerprint density at radius 3 is 2.31 bits per heavy atom. The van der Waals surface area contributed by atoms with E-state index >= 15 is 0 Å². The molecule has 0 bridgehead atoms. The fourth-order valence-corrected chi connectivity index (χ4v) is 4.74. The van der Waals surface area contributed by atoms with Gasteiger partial charge in [0.15, 0.2) is 4.96 Å². The van der Waals surface area contributed by atoms with Crippen molar-refractivity contribution in [1.82, 2.24) is 19.2 Å². The molecule has 178 valence electrons. The largest absolute Gasteiger partial charge is 0.336 e. The quantitative estimate of drug-likeness (QED) is 0.449. The summed E-state index contributed by atoms with van der Waals surface area (Å²) in [7, 11) is 0. The van der Waals surface area contributed by atoms with Crippen molar-refractivity contribution in [3.8, 4) is 0 Å². The van der Waals surface area contributed by atoms with Gasteiger partial charge in [0.2, 0.25) is 0 Å². The van der Waals surface area contributed by atoms with Crippen LogP contribution in [0, 0.1) is 0 Å². The highest BCUT2D eigenvalue weighted by atomic mass is 32.1. The maximum Gasteiger partial charge on any atom is 0.323 e. The molecule has 2 aromatic carbocycles. The lowest BCUT2D eigenvalue weighted by atomic mass is 10.1. The maximum atomic E-state index is 13.0. The van der Waals surface area contributed by atoms with E-state index < -0.39 is 0 Å². The number of carbonyl (C=O) groups is 2. The van der Waals surface area contributed by atoms with Gasteiger partial charge in [-0.2, -0.15) is 0 Å². The minimum atomic E-state index is -0.346. The lowest BCUT2D eigenvalue weighted by molar-refractivity contribution is 0.0627. The van der Waals surface area contributed by atoms with Gasteiger partial charge in [-0.15, -0.1) is 11.3 Å². The number of nitrogens with one attached hydrogen (secondary N) is 2. The summed E-state index contributed by atoms with van der Waals surface area (Å²) in [5, 5.41) is 7.37. The van der Waals surface area contributed by atoms with Gasteiger partial charge in [-0.3, -0.25) is 18.9 Å². The van der Waals surface area contributed by atoms with E-state index in [0.717, 1.165) is 5.69 Å². The predicted molar refractivity (Wildman–Crippen MR) is 136 cm³/mol. The van der Waals surface area contributed by atoms with Gasteiger partial charge in [0.1, 0.15) is 0 Å². The molecule has 0 aliphatic carbocycles. The van der Waals surface area contributed by atoms with Gasteiger partial charge in [-0.1, -0.05) is 18.2 Å². The predicted octanol–water partition coefficient (Wildman–Crippen LogP) is 3.36. The van der Waals surface area contributed by atoms with E-state index in [4.69, 9.17) is 0 Å². The average molecular weight is 489 g/mol. The van der Waals surface area contributed by atoms with Crippen molar-refractivity contribution in [3.05, 3.63) is 93.9 Å². The molecule has 35 heavy (non-hydrogen) atoms. The van der Waals surface area contributed by atoms with E-state index in [9.17, 15) is 14.4 Å². The first-order valence-corrected chi connectivity index (χ1v) is 12.1. The van der Waals surface area contributed by atoms with Crippen LogP contribution in [-0.2, 0) is 6.54 Å². The van der Waals surface area contributed by atoms with Crippen LogP contribution in [0.25, 0.3) is 4.96 Å². The summed E-state index contributed by atoms with van der Waals surface area (Å²) < 4.78 is 1.54. The second-order valence-corrected chi connectivity index (χ2v) is 9.11. The minimum absolute atomic E-state index is 0.0405. The van der Waals surface area contributed by atoms with Gasteiger partial charge in [-0.25, -0.2) is 9.78 Å². The molecule has 0 radical (unpaired) electrons. The number of piperazine rings is 1. The van der Waals surface area contributed by atoms with Gasteiger partial charge in [0.25, 0.3) is 11.5 Å². The third-order valence-electron chi connectivity index (χ3n) is 5.82. The first kappa shape index (κ1) is 22.8. The summed E-state index contributed by atoms with van der Waals surface area (Å²) in [6, 6.07) is 17.3. The van der Waals surface area contributed by atoms with Crippen LogP contribution in [0.5, 0.6) is 0 Å². The Kier molecular flexibility index (Phi) is 6.55. The number of carbonyl (C=O) groups excluding carboxylic acids is 2. The summed E-state index contributed by atoms with van der Waals surface area (Å²) in [4.78, 5) is 46.6. The third-order valence-corrected chi connectivity index (χ3v) is 6.58. The van der Waals surface area contributed by atoms with Crippen LogP contribution >= 0.6 is 11.3 Å². The number of rotatable bonds is 5. The van der Waals surface area contributed by atoms with Gasteiger partial charge >= 0.3 is 6.03 Å². The molecule has 4 aromatic rings. The highest BCUT2D eigenvalue weighted by Gasteiger charge is 2.22. The van der Waals surface area contributed by atoms with E-state index in [2.05, 4.69) is 20.5 Å². The number of aromatic nitrogens is 2. The zero-order chi connectivity index (χ0) is 24.2. The summed E-state index contributed by atoms with van der Waals surface area (Å²) in [6.07, 6.45) is 1.73. The Balaban J connectivity index is 1.13. The Morgan fingerprint density at radius 2 is 1.60 bits per heavy atom. The number of amides is 3. The highest BCUT2D eigenvalue weighted by Crippen LogP contribution is 2.15. The van der Waals surface area contributed by atoms with Gasteiger partial charge in [0.05, 0.1) is 5.69 Å². The zero-order valence-electron chi connectivity index (χ0n) is 18.9. The average Bonchev–Trinajstić information content (AvgIpc) is 3.34. The molecule has 3 amide bonds. The van der Waals surface area contributed by atoms with E-state index in [1.54, 1.807) is 53.1 Å². The molecule has 10 heteroatoms. The summed E-state index contributed by atoms with van der Waals surface area (Å²) in [5.74, 6) is -0.0405. The normalized spacial score (nSPS) is 14.1. The van der Waals surface area contributed by atoms with Crippen LogP contribution in [0.15, 0.2) is 77.0 Å². The molecule has 1 aliphatic heterocycles. The lowest BCUT2D eigenvalue weighted by Crippen LogP contribution is -2.48. The Labute approximate surface area is 205 Å². The molecule has 0 unspecified atom stereocenters. The third kappa shape index (κ3) is 5.39. The van der Waals surface area contributed by atoms with Crippen molar-refractivity contribution < 1.29 is 9.59 Å². The van der Waals surface area contributed by atoms with Crippen molar-refractivity contribution >= 4 is 39.6 Å². The minimum Gasteiger partial charge on any atom is -0.336 e. The highest BCUT2D eigenvalue weighted by molar-refractivity contribution is 7.15. The number of urea groups is 1. The summed E-state index contributed by atoms with van der Waals surface area (Å²) in [5.41, 5.74) is 2.55. The zero-order valence-corrected chi connectivity index (χ0v) is 19.7. The van der Waals surface area contributed by atoms with Crippen LogP contribution in [-0.4, -0.2) is 57.3 Å². The first-order valence-electron chi connectivity index (χ1n) is 11.3. The number of anilines is 2.